The molecule has 0 radical (unpaired) electrons. The zero-order chi connectivity index (χ0) is 17.5. The average Bonchev–Trinajstić information content (AvgIpc) is 2.66. The van der Waals surface area contributed by atoms with Gasteiger partial charge in [-0.1, -0.05) is 31.4 Å². The highest BCUT2D eigenvalue weighted by atomic mass is 127. The molecule has 1 saturated heterocycles. The number of hydrogen-bond acceptors (Lipinski definition) is 2. The molecule has 0 atom stereocenters. The molecule has 4 nitrogen and oxygen atoms in total. The van der Waals surface area contributed by atoms with Crippen LogP contribution in [0.5, 0.6) is 0 Å². The summed E-state index contributed by atoms with van der Waals surface area (Å²) in [6.07, 6.45) is 8.13. The van der Waals surface area contributed by atoms with Crippen molar-refractivity contribution in [3.05, 3.63) is 35.6 Å². The summed E-state index contributed by atoms with van der Waals surface area (Å²) in [5.74, 6) is 0.683. The van der Waals surface area contributed by atoms with E-state index in [2.05, 4.69) is 15.6 Å². The number of halogens is 2. The lowest BCUT2D eigenvalue weighted by atomic mass is 9.74. The Hall–Kier alpha value is -0.890. The monoisotopic (exact) mass is 475 g/mol. The van der Waals surface area contributed by atoms with E-state index < -0.39 is 0 Å². The molecule has 1 saturated carbocycles. The van der Waals surface area contributed by atoms with Crippen molar-refractivity contribution in [2.24, 2.45) is 4.99 Å². The van der Waals surface area contributed by atoms with Crippen LogP contribution >= 0.6 is 24.0 Å². The van der Waals surface area contributed by atoms with E-state index >= 15 is 0 Å². The highest BCUT2D eigenvalue weighted by Gasteiger charge is 2.35. The van der Waals surface area contributed by atoms with Crippen molar-refractivity contribution in [2.75, 3.05) is 26.8 Å². The first kappa shape index (κ1) is 21.4. The number of guanidine groups is 1. The minimum Gasteiger partial charge on any atom is -0.381 e. The van der Waals surface area contributed by atoms with Gasteiger partial charge >= 0.3 is 0 Å². The van der Waals surface area contributed by atoms with E-state index in [1.807, 2.05) is 13.1 Å². The minimum absolute atomic E-state index is 0. The molecule has 3 rings (SSSR count). The topological polar surface area (TPSA) is 45.7 Å². The number of nitrogens with one attached hydrogen (secondary N) is 2. The normalized spacial score (nSPS) is 20.9. The second-order valence-electron chi connectivity index (χ2n) is 7.31. The fourth-order valence-corrected chi connectivity index (χ4v) is 4.04. The van der Waals surface area contributed by atoms with E-state index in [0.717, 1.165) is 30.9 Å². The van der Waals surface area contributed by atoms with Gasteiger partial charge < -0.3 is 15.4 Å². The van der Waals surface area contributed by atoms with E-state index in [9.17, 15) is 4.39 Å². The van der Waals surface area contributed by atoms with Crippen molar-refractivity contribution >= 4 is 29.9 Å². The quantitative estimate of drug-likeness (QED) is 0.394. The SMILES string of the molecule is CN=C(NCC1(c2cccc(F)c2)CCOCC1)NC1CCCCC1.I. The van der Waals surface area contributed by atoms with Crippen LogP contribution in [-0.4, -0.2) is 38.8 Å². The van der Waals surface area contributed by atoms with Gasteiger partial charge in [0, 0.05) is 38.3 Å². The van der Waals surface area contributed by atoms with Crippen molar-refractivity contribution in [3.63, 3.8) is 0 Å². The molecular formula is C20H31FIN3O. The highest BCUT2D eigenvalue weighted by Crippen LogP contribution is 2.34. The van der Waals surface area contributed by atoms with Crippen LogP contribution in [0.25, 0.3) is 0 Å². The Labute approximate surface area is 173 Å². The molecule has 2 fully saturated rings. The maximum atomic E-state index is 13.8. The maximum Gasteiger partial charge on any atom is 0.191 e. The fraction of sp³-hybridized carbons (Fsp3) is 0.650. The second-order valence-corrected chi connectivity index (χ2v) is 7.31. The van der Waals surface area contributed by atoms with Gasteiger partial charge in [0.05, 0.1) is 0 Å². The summed E-state index contributed by atoms with van der Waals surface area (Å²) in [4.78, 5) is 4.40. The molecule has 6 heteroatoms. The van der Waals surface area contributed by atoms with Gasteiger partial charge in [-0.3, -0.25) is 4.99 Å². The number of aliphatic imine (C=N–C) groups is 1. The van der Waals surface area contributed by atoms with Crippen molar-refractivity contribution in [1.82, 2.24) is 10.6 Å². The Morgan fingerprint density at radius 1 is 1.23 bits per heavy atom. The zero-order valence-electron chi connectivity index (χ0n) is 15.6. The lowest BCUT2D eigenvalue weighted by Gasteiger charge is -2.38. The molecule has 0 amide bonds. The smallest absolute Gasteiger partial charge is 0.191 e. The van der Waals surface area contributed by atoms with E-state index in [1.54, 1.807) is 12.1 Å². The van der Waals surface area contributed by atoms with E-state index in [0.29, 0.717) is 19.3 Å². The van der Waals surface area contributed by atoms with Gasteiger partial charge in [0.1, 0.15) is 5.82 Å². The van der Waals surface area contributed by atoms with Crippen LogP contribution in [0.2, 0.25) is 0 Å². The highest BCUT2D eigenvalue weighted by molar-refractivity contribution is 14.0. The molecule has 26 heavy (non-hydrogen) atoms. The summed E-state index contributed by atoms with van der Waals surface area (Å²) >= 11 is 0. The molecule has 0 spiro atoms. The first-order valence-electron chi connectivity index (χ1n) is 9.53. The molecule has 0 unspecified atom stereocenters. The van der Waals surface area contributed by atoms with Crippen LogP contribution in [0.4, 0.5) is 4.39 Å². The third kappa shape index (κ3) is 5.55. The average molecular weight is 475 g/mol. The molecule has 2 aliphatic rings. The molecule has 0 aromatic heterocycles. The van der Waals surface area contributed by atoms with Gasteiger partial charge in [-0.25, -0.2) is 4.39 Å². The predicted octanol–water partition coefficient (Wildman–Crippen LogP) is 3.99. The second kappa shape index (κ2) is 10.4. The summed E-state index contributed by atoms with van der Waals surface area (Å²) in [6.45, 7) is 2.17. The summed E-state index contributed by atoms with van der Waals surface area (Å²) in [5, 5.41) is 7.06. The Bertz CT molecular complexity index is 584. The lowest BCUT2D eigenvalue weighted by molar-refractivity contribution is 0.0512. The molecule has 1 heterocycles. The Kier molecular flexibility index (Phi) is 8.60. The number of ether oxygens (including phenoxy) is 1. The standard InChI is InChI=1S/C20H30FN3O.HI/c1-22-19(24-18-8-3-2-4-9-18)23-15-20(10-12-25-13-11-20)16-6-5-7-17(21)14-16;/h5-7,14,18H,2-4,8-13,15H2,1H3,(H2,22,23,24);1H. The number of hydrogen-bond donors (Lipinski definition) is 2. The summed E-state index contributed by atoms with van der Waals surface area (Å²) in [5.41, 5.74) is 0.946. The van der Waals surface area contributed by atoms with Gasteiger partial charge in [-0.05, 0) is 43.4 Å². The molecule has 146 valence electrons. The molecule has 1 aliphatic carbocycles. The first-order chi connectivity index (χ1) is 12.2. The summed E-state index contributed by atoms with van der Waals surface area (Å²) < 4.78 is 19.3. The largest absolute Gasteiger partial charge is 0.381 e. The fourth-order valence-electron chi connectivity index (χ4n) is 4.04. The van der Waals surface area contributed by atoms with Crippen LogP contribution < -0.4 is 10.6 Å². The molecule has 1 aromatic carbocycles. The van der Waals surface area contributed by atoms with Crippen LogP contribution in [0.1, 0.15) is 50.5 Å². The van der Waals surface area contributed by atoms with E-state index in [-0.39, 0.29) is 35.2 Å². The minimum atomic E-state index is -0.173. The number of rotatable bonds is 4. The first-order valence-corrected chi connectivity index (χ1v) is 9.53. The Morgan fingerprint density at radius 3 is 2.62 bits per heavy atom. The van der Waals surface area contributed by atoms with Crippen LogP contribution in [-0.2, 0) is 10.2 Å². The lowest BCUT2D eigenvalue weighted by Crippen LogP contribution is -2.50. The molecule has 1 aromatic rings. The summed E-state index contributed by atoms with van der Waals surface area (Å²) in [7, 11) is 1.82. The maximum absolute atomic E-state index is 13.8. The van der Waals surface area contributed by atoms with Crippen LogP contribution in [0.3, 0.4) is 0 Å². The van der Waals surface area contributed by atoms with Crippen molar-refractivity contribution in [2.45, 2.75) is 56.4 Å². The Balaban J connectivity index is 0.00000243. The van der Waals surface area contributed by atoms with Gasteiger partial charge in [0.15, 0.2) is 5.96 Å². The van der Waals surface area contributed by atoms with Gasteiger partial charge in [0.2, 0.25) is 0 Å². The molecule has 0 bridgehead atoms. The van der Waals surface area contributed by atoms with Crippen LogP contribution in [0.15, 0.2) is 29.3 Å². The summed E-state index contributed by atoms with van der Waals surface area (Å²) in [6, 6.07) is 7.53. The van der Waals surface area contributed by atoms with E-state index in [1.165, 1.54) is 38.2 Å². The van der Waals surface area contributed by atoms with Crippen LogP contribution in [0, 0.1) is 5.82 Å². The molecule has 2 N–H and O–H groups in total. The predicted molar refractivity (Wildman–Crippen MR) is 115 cm³/mol. The van der Waals surface area contributed by atoms with E-state index in [4.69, 9.17) is 4.74 Å². The zero-order valence-corrected chi connectivity index (χ0v) is 17.9. The molecular weight excluding hydrogens is 444 g/mol. The third-order valence-corrected chi connectivity index (χ3v) is 5.65. The van der Waals surface area contributed by atoms with Gasteiger partial charge in [0.25, 0.3) is 0 Å². The van der Waals surface area contributed by atoms with Gasteiger partial charge in [-0.15, -0.1) is 24.0 Å². The van der Waals surface area contributed by atoms with Crippen molar-refractivity contribution < 1.29 is 9.13 Å². The molecule has 1 aliphatic heterocycles. The number of benzene rings is 1. The van der Waals surface area contributed by atoms with Crippen molar-refractivity contribution in [3.8, 4) is 0 Å². The van der Waals surface area contributed by atoms with Gasteiger partial charge in [-0.2, -0.15) is 0 Å². The van der Waals surface area contributed by atoms with Crippen molar-refractivity contribution in [1.29, 1.82) is 0 Å². The third-order valence-electron chi connectivity index (χ3n) is 5.65. The number of nitrogens with zero attached hydrogens (tertiary/aromatic N) is 1. The Morgan fingerprint density at radius 2 is 1.96 bits per heavy atom.